The van der Waals surface area contributed by atoms with E-state index in [0.29, 0.717) is 22.3 Å². The van der Waals surface area contributed by atoms with Crippen LogP contribution in [0.25, 0.3) is 22.3 Å². The lowest BCUT2D eigenvalue weighted by atomic mass is 10.1. The third kappa shape index (κ3) is 1.36. The molecule has 3 aromatic rings. The fourth-order valence-electron chi connectivity index (χ4n) is 1.84. The van der Waals surface area contributed by atoms with Crippen LogP contribution in [0.3, 0.4) is 0 Å². The molecule has 3 rings (SSSR count). The number of amides is 1. The summed E-state index contributed by atoms with van der Waals surface area (Å²) in [7, 11) is 0. The summed E-state index contributed by atoms with van der Waals surface area (Å²) in [6.07, 6.45) is 1.58. The highest BCUT2D eigenvalue weighted by atomic mass is 16.1. The molecular weight excluding hydrogens is 220 g/mol. The number of carbonyl (C=O) groups is 1. The number of hydrogen-bond acceptors (Lipinski definition) is 4. The molecule has 2 heterocycles. The van der Waals surface area contributed by atoms with Gasteiger partial charge < -0.3 is 10.7 Å². The average molecular weight is 228 g/mol. The second-order valence-electron chi connectivity index (χ2n) is 3.53. The zero-order valence-corrected chi connectivity index (χ0v) is 8.64. The summed E-state index contributed by atoms with van der Waals surface area (Å²) in [4.78, 5) is 14.3. The summed E-state index contributed by atoms with van der Waals surface area (Å²) in [6.45, 7) is 0. The Hall–Kier alpha value is -2.70. The Morgan fingerprint density at radius 3 is 2.94 bits per heavy atom. The zero-order valence-electron chi connectivity index (χ0n) is 8.64. The predicted molar refractivity (Wildman–Crippen MR) is 60.0 cm³/mol. The summed E-state index contributed by atoms with van der Waals surface area (Å²) in [5.74, 6) is -0.0649. The van der Waals surface area contributed by atoms with Crippen molar-refractivity contribution in [2.75, 3.05) is 0 Å². The Morgan fingerprint density at radius 2 is 2.24 bits per heavy atom. The summed E-state index contributed by atoms with van der Waals surface area (Å²) < 4.78 is 0. The number of nitrogens with one attached hydrogen (secondary N) is 2. The predicted octanol–water partition coefficient (Wildman–Crippen LogP) is 0.447. The molecule has 4 N–H and O–H groups in total. The van der Waals surface area contributed by atoms with Crippen LogP contribution in [0.2, 0.25) is 0 Å². The lowest BCUT2D eigenvalue weighted by molar-refractivity contribution is 0.100. The number of aromatic amines is 2. The van der Waals surface area contributed by atoms with E-state index in [2.05, 4.69) is 25.6 Å². The normalized spacial score (nSPS) is 10.8. The SMILES string of the molecule is NC(=O)c1c[nH]c2cccc(-c3nn[nH]n3)c12. The van der Waals surface area contributed by atoms with Crippen molar-refractivity contribution in [2.45, 2.75) is 0 Å². The molecule has 0 radical (unpaired) electrons. The molecule has 0 bridgehead atoms. The zero-order chi connectivity index (χ0) is 11.8. The molecule has 0 unspecified atom stereocenters. The van der Waals surface area contributed by atoms with E-state index < -0.39 is 5.91 Å². The van der Waals surface area contributed by atoms with Gasteiger partial charge in [0.2, 0.25) is 5.82 Å². The first-order chi connectivity index (χ1) is 8.27. The summed E-state index contributed by atoms with van der Waals surface area (Å²) >= 11 is 0. The molecule has 1 amide bonds. The molecule has 17 heavy (non-hydrogen) atoms. The van der Waals surface area contributed by atoms with Crippen molar-refractivity contribution in [3.05, 3.63) is 30.0 Å². The molecule has 1 aromatic carbocycles. The van der Waals surface area contributed by atoms with Crippen LogP contribution in [0, 0.1) is 0 Å². The van der Waals surface area contributed by atoms with Gasteiger partial charge in [0.05, 0.1) is 5.56 Å². The van der Waals surface area contributed by atoms with Gasteiger partial charge in [-0.05, 0) is 11.3 Å². The van der Waals surface area contributed by atoms with Gasteiger partial charge in [-0.1, -0.05) is 12.1 Å². The Labute approximate surface area is 95.0 Å². The first-order valence-electron chi connectivity index (χ1n) is 4.91. The van der Waals surface area contributed by atoms with Gasteiger partial charge in [-0.25, -0.2) is 0 Å². The molecule has 0 saturated heterocycles. The quantitative estimate of drug-likeness (QED) is 0.590. The van der Waals surface area contributed by atoms with E-state index in [-0.39, 0.29) is 0 Å². The van der Waals surface area contributed by atoms with Crippen molar-refractivity contribution in [3.63, 3.8) is 0 Å². The highest BCUT2D eigenvalue weighted by Gasteiger charge is 2.15. The van der Waals surface area contributed by atoms with Gasteiger partial charge in [-0.15, -0.1) is 10.2 Å². The highest BCUT2D eigenvalue weighted by Crippen LogP contribution is 2.28. The number of aromatic nitrogens is 5. The molecule has 0 aliphatic carbocycles. The van der Waals surface area contributed by atoms with Gasteiger partial charge in [0.25, 0.3) is 5.91 Å². The average Bonchev–Trinajstić information content (AvgIpc) is 2.97. The maximum Gasteiger partial charge on any atom is 0.250 e. The first kappa shape index (κ1) is 9.52. The van der Waals surface area contributed by atoms with Gasteiger partial charge in [0.15, 0.2) is 0 Å². The Bertz CT molecular complexity index is 684. The minimum atomic E-state index is -0.493. The van der Waals surface area contributed by atoms with Crippen molar-refractivity contribution in [1.29, 1.82) is 0 Å². The maximum absolute atomic E-state index is 11.3. The van der Waals surface area contributed by atoms with Crippen LogP contribution < -0.4 is 5.73 Å². The number of tetrazole rings is 1. The fourth-order valence-corrected chi connectivity index (χ4v) is 1.84. The minimum absolute atomic E-state index is 0.417. The number of hydrogen-bond donors (Lipinski definition) is 3. The first-order valence-corrected chi connectivity index (χ1v) is 4.91. The number of nitrogens with two attached hydrogens (primary N) is 1. The van der Waals surface area contributed by atoms with Gasteiger partial charge in [0.1, 0.15) is 0 Å². The van der Waals surface area contributed by atoms with Crippen LogP contribution in [0.1, 0.15) is 10.4 Å². The van der Waals surface area contributed by atoms with Crippen molar-refractivity contribution < 1.29 is 4.79 Å². The smallest absolute Gasteiger partial charge is 0.250 e. The summed E-state index contributed by atoms with van der Waals surface area (Å²) in [6, 6.07) is 5.51. The van der Waals surface area contributed by atoms with E-state index in [0.717, 1.165) is 5.52 Å². The van der Waals surface area contributed by atoms with Crippen LogP contribution in [0.15, 0.2) is 24.4 Å². The van der Waals surface area contributed by atoms with Crippen LogP contribution >= 0.6 is 0 Å². The molecule has 0 saturated carbocycles. The van der Waals surface area contributed by atoms with Gasteiger partial charge in [0, 0.05) is 22.7 Å². The van der Waals surface area contributed by atoms with E-state index in [4.69, 9.17) is 5.73 Å². The number of rotatable bonds is 2. The van der Waals surface area contributed by atoms with Crippen LogP contribution in [-0.2, 0) is 0 Å². The number of nitrogens with zero attached hydrogens (tertiary/aromatic N) is 3. The van der Waals surface area contributed by atoms with Crippen LogP contribution in [0.5, 0.6) is 0 Å². The van der Waals surface area contributed by atoms with Crippen LogP contribution in [0.4, 0.5) is 0 Å². The second kappa shape index (κ2) is 3.41. The van der Waals surface area contributed by atoms with E-state index >= 15 is 0 Å². The fraction of sp³-hybridized carbons (Fsp3) is 0. The molecule has 84 valence electrons. The van der Waals surface area contributed by atoms with Crippen molar-refractivity contribution in [3.8, 4) is 11.4 Å². The summed E-state index contributed by atoms with van der Waals surface area (Å²) in [5, 5.41) is 14.4. The maximum atomic E-state index is 11.3. The monoisotopic (exact) mass is 228 g/mol. The molecular formula is C10H8N6O. The number of carbonyl (C=O) groups excluding carboxylic acids is 1. The van der Waals surface area contributed by atoms with E-state index in [1.165, 1.54) is 0 Å². The summed E-state index contributed by atoms with van der Waals surface area (Å²) in [5.41, 5.74) is 7.26. The molecule has 0 aliphatic heterocycles. The molecule has 7 nitrogen and oxygen atoms in total. The second-order valence-corrected chi connectivity index (χ2v) is 3.53. The minimum Gasteiger partial charge on any atom is -0.366 e. The third-order valence-electron chi connectivity index (χ3n) is 2.56. The molecule has 7 heteroatoms. The lowest BCUT2D eigenvalue weighted by Gasteiger charge is -1.99. The Kier molecular flexibility index (Phi) is 1.91. The van der Waals surface area contributed by atoms with Crippen molar-refractivity contribution in [2.24, 2.45) is 5.73 Å². The van der Waals surface area contributed by atoms with Crippen LogP contribution in [-0.4, -0.2) is 31.5 Å². The number of primary amides is 1. The largest absolute Gasteiger partial charge is 0.366 e. The van der Waals surface area contributed by atoms with Gasteiger partial charge in [-0.3, -0.25) is 4.79 Å². The van der Waals surface area contributed by atoms with Gasteiger partial charge in [-0.2, -0.15) is 5.21 Å². The van der Waals surface area contributed by atoms with E-state index in [1.54, 1.807) is 6.20 Å². The standard InChI is InChI=1S/C10H8N6O/c11-9(17)6-4-12-7-3-1-2-5(8(6)7)10-13-15-16-14-10/h1-4,12H,(H2,11,17)(H,13,14,15,16). The van der Waals surface area contributed by atoms with Gasteiger partial charge >= 0.3 is 0 Å². The number of H-pyrrole nitrogens is 2. The highest BCUT2D eigenvalue weighted by molar-refractivity contribution is 6.10. The van der Waals surface area contributed by atoms with E-state index in [1.807, 2.05) is 18.2 Å². The molecule has 0 atom stereocenters. The van der Waals surface area contributed by atoms with Crippen molar-refractivity contribution >= 4 is 16.8 Å². The topological polar surface area (TPSA) is 113 Å². The van der Waals surface area contributed by atoms with Crippen molar-refractivity contribution in [1.82, 2.24) is 25.6 Å². The number of fused-ring (bicyclic) bond motifs is 1. The number of benzene rings is 1. The molecule has 2 aromatic heterocycles. The Balaban J connectivity index is 2.38. The lowest BCUT2D eigenvalue weighted by Crippen LogP contribution is -2.10. The molecule has 0 fully saturated rings. The molecule has 0 aliphatic rings. The molecule has 0 spiro atoms. The van der Waals surface area contributed by atoms with E-state index in [9.17, 15) is 4.79 Å². The Morgan fingerprint density at radius 1 is 1.35 bits per heavy atom. The third-order valence-corrected chi connectivity index (χ3v) is 2.56.